The second-order valence-corrected chi connectivity index (χ2v) is 6.03. The van der Waals surface area contributed by atoms with Crippen LogP contribution in [0, 0.1) is 0 Å². The summed E-state index contributed by atoms with van der Waals surface area (Å²) in [4.78, 5) is 16.5. The summed E-state index contributed by atoms with van der Waals surface area (Å²) < 4.78 is 0. The Bertz CT molecular complexity index is 462. The van der Waals surface area contributed by atoms with Gasteiger partial charge in [0, 0.05) is 32.7 Å². The molecule has 1 heterocycles. The summed E-state index contributed by atoms with van der Waals surface area (Å²) >= 11 is 0. The van der Waals surface area contributed by atoms with E-state index in [0.29, 0.717) is 0 Å². The van der Waals surface area contributed by atoms with Gasteiger partial charge in [-0.1, -0.05) is 30.3 Å². The average molecular weight is 273 g/mol. The number of benzene rings is 1. The van der Waals surface area contributed by atoms with E-state index in [-0.39, 0.29) is 5.91 Å². The topological polar surface area (TPSA) is 49.6 Å². The van der Waals surface area contributed by atoms with E-state index in [9.17, 15) is 4.79 Å². The molecule has 4 nitrogen and oxygen atoms in total. The molecule has 0 spiro atoms. The smallest absolute Gasteiger partial charge is 0.242 e. The van der Waals surface area contributed by atoms with Crippen LogP contribution < -0.4 is 5.73 Å². The van der Waals surface area contributed by atoms with Crippen molar-refractivity contribution in [3.8, 4) is 0 Å². The Kier molecular flexibility index (Phi) is 3.76. The van der Waals surface area contributed by atoms with Gasteiger partial charge in [0.25, 0.3) is 0 Å². The number of piperazine rings is 1. The van der Waals surface area contributed by atoms with E-state index in [2.05, 4.69) is 35.2 Å². The van der Waals surface area contributed by atoms with Crippen LogP contribution in [-0.2, 0) is 11.2 Å². The van der Waals surface area contributed by atoms with E-state index >= 15 is 0 Å². The summed E-state index contributed by atoms with van der Waals surface area (Å²) in [6.07, 6.45) is 2.80. The molecule has 1 saturated carbocycles. The van der Waals surface area contributed by atoms with Gasteiger partial charge in [-0.2, -0.15) is 0 Å². The number of rotatable bonds is 4. The van der Waals surface area contributed by atoms with E-state index in [1.54, 1.807) is 0 Å². The molecular formula is C16H23N3O. The van der Waals surface area contributed by atoms with Crippen LogP contribution in [0.2, 0.25) is 0 Å². The fourth-order valence-corrected chi connectivity index (χ4v) is 2.77. The number of carbonyl (C=O) groups excluding carboxylic acids is 1. The van der Waals surface area contributed by atoms with Crippen molar-refractivity contribution in [1.82, 2.24) is 9.80 Å². The standard InChI is InChI=1S/C16H23N3O/c17-16(7-8-16)15(20)19-12-10-18(11-13-19)9-6-14-4-2-1-3-5-14/h1-5H,6-13,17H2. The lowest BCUT2D eigenvalue weighted by atomic mass is 10.1. The molecule has 0 atom stereocenters. The van der Waals surface area contributed by atoms with Gasteiger partial charge in [0.15, 0.2) is 0 Å². The Balaban J connectivity index is 1.43. The van der Waals surface area contributed by atoms with Crippen molar-refractivity contribution in [3.63, 3.8) is 0 Å². The number of nitrogens with zero attached hydrogens (tertiary/aromatic N) is 2. The average Bonchev–Trinajstić information content (AvgIpc) is 3.25. The van der Waals surface area contributed by atoms with Gasteiger partial charge < -0.3 is 10.6 Å². The minimum absolute atomic E-state index is 0.167. The van der Waals surface area contributed by atoms with Crippen LogP contribution in [-0.4, -0.2) is 54.0 Å². The van der Waals surface area contributed by atoms with Gasteiger partial charge in [-0.3, -0.25) is 9.69 Å². The molecular weight excluding hydrogens is 250 g/mol. The summed E-state index contributed by atoms with van der Waals surface area (Å²) in [6.45, 7) is 4.66. The lowest BCUT2D eigenvalue weighted by Crippen LogP contribution is -2.54. The molecule has 1 saturated heterocycles. The molecule has 3 rings (SSSR count). The summed E-state index contributed by atoms with van der Waals surface area (Å²) in [5.41, 5.74) is 6.86. The Hall–Kier alpha value is -1.39. The lowest BCUT2D eigenvalue weighted by molar-refractivity contribution is -0.135. The monoisotopic (exact) mass is 273 g/mol. The highest BCUT2D eigenvalue weighted by Crippen LogP contribution is 2.34. The van der Waals surface area contributed by atoms with Crippen LogP contribution in [0.1, 0.15) is 18.4 Å². The van der Waals surface area contributed by atoms with Crippen molar-refractivity contribution in [2.24, 2.45) is 5.73 Å². The van der Waals surface area contributed by atoms with Crippen LogP contribution in [0.4, 0.5) is 0 Å². The molecule has 1 aliphatic heterocycles. The number of amides is 1. The number of hydrogen-bond donors (Lipinski definition) is 1. The largest absolute Gasteiger partial charge is 0.339 e. The molecule has 1 aromatic carbocycles. The molecule has 108 valence electrons. The number of hydrogen-bond acceptors (Lipinski definition) is 3. The zero-order chi connectivity index (χ0) is 14.0. The quantitative estimate of drug-likeness (QED) is 0.885. The Labute approximate surface area is 120 Å². The van der Waals surface area contributed by atoms with E-state index in [4.69, 9.17) is 5.73 Å². The SMILES string of the molecule is NC1(C(=O)N2CCN(CCc3ccccc3)CC2)CC1. The van der Waals surface area contributed by atoms with Crippen molar-refractivity contribution in [1.29, 1.82) is 0 Å². The van der Waals surface area contributed by atoms with Crippen LogP contribution >= 0.6 is 0 Å². The van der Waals surface area contributed by atoms with Crippen LogP contribution in [0.3, 0.4) is 0 Å². The van der Waals surface area contributed by atoms with Crippen molar-refractivity contribution >= 4 is 5.91 Å². The molecule has 2 aliphatic rings. The zero-order valence-electron chi connectivity index (χ0n) is 11.9. The maximum absolute atomic E-state index is 12.2. The maximum Gasteiger partial charge on any atom is 0.242 e. The number of carbonyl (C=O) groups is 1. The minimum Gasteiger partial charge on any atom is -0.339 e. The third kappa shape index (κ3) is 3.02. The first kappa shape index (κ1) is 13.6. The molecule has 0 aromatic heterocycles. The molecule has 0 bridgehead atoms. The van der Waals surface area contributed by atoms with Crippen LogP contribution in [0.15, 0.2) is 30.3 Å². The molecule has 1 amide bonds. The molecule has 0 unspecified atom stereocenters. The Morgan fingerprint density at radius 3 is 2.35 bits per heavy atom. The third-order valence-electron chi connectivity index (χ3n) is 4.43. The van der Waals surface area contributed by atoms with Crippen LogP contribution in [0.5, 0.6) is 0 Å². The van der Waals surface area contributed by atoms with Gasteiger partial charge >= 0.3 is 0 Å². The van der Waals surface area contributed by atoms with Crippen LogP contribution in [0.25, 0.3) is 0 Å². The molecule has 2 N–H and O–H groups in total. The first-order chi connectivity index (χ1) is 9.67. The van der Waals surface area contributed by atoms with Gasteiger partial charge in [-0.05, 0) is 24.8 Å². The van der Waals surface area contributed by atoms with Crippen molar-refractivity contribution in [2.75, 3.05) is 32.7 Å². The molecule has 20 heavy (non-hydrogen) atoms. The highest BCUT2D eigenvalue weighted by atomic mass is 16.2. The molecule has 1 aliphatic carbocycles. The van der Waals surface area contributed by atoms with Gasteiger partial charge in [-0.15, -0.1) is 0 Å². The fourth-order valence-electron chi connectivity index (χ4n) is 2.77. The highest BCUT2D eigenvalue weighted by Gasteiger charge is 2.48. The molecule has 2 fully saturated rings. The minimum atomic E-state index is -0.508. The van der Waals surface area contributed by atoms with Crippen molar-refractivity contribution in [3.05, 3.63) is 35.9 Å². The van der Waals surface area contributed by atoms with Gasteiger partial charge in [0.05, 0.1) is 5.54 Å². The summed E-state index contributed by atoms with van der Waals surface area (Å²) in [5, 5.41) is 0. The fraction of sp³-hybridized carbons (Fsp3) is 0.562. The van der Waals surface area contributed by atoms with Gasteiger partial charge in [0.1, 0.15) is 0 Å². The second-order valence-electron chi connectivity index (χ2n) is 6.03. The maximum atomic E-state index is 12.2. The highest BCUT2D eigenvalue weighted by molar-refractivity contribution is 5.89. The summed E-state index contributed by atoms with van der Waals surface area (Å²) in [7, 11) is 0. The molecule has 0 radical (unpaired) electrons. The third-order valence-corrected chi connectivity index (χ3v) is 4.43. The van der Waals surface area contributed by atoms with E-state index in [1.165, 1.54) is 5.56 Å². The lowest BCUT2D eigenvalue weighted by Gasteiger charge is -2.36. The van der Waals surface area contributed by atoms with Crippen molar-refractivity contribution < 1.29 is 4.79 Å². The molecule has 1 aromatic rings. The van der Waals surface area contributed by atoms with E-state index in [1.807, 2.05) is 4.90 Å². The van der Waals surface area contributed by atoms with Gasteiger partial charge in [-0.25, -0.2) is 0 Å². The predicted octanol–water partition coefficient (Wildman–Crippen LogP) is 0.865. The second kappa shape index (κ2) is 5.54. The normalized spacial score (nSPS) is 21.8. The molecule has 4 heteroatoms. The number of nitrogens with two attached hydrogens (primary N) is 1. The summed E-state index contributed by atoms with van der Waals surface area (Å²) in [6, 6.07) is 10.6. The summed E-state index contributed by atoms with van der Waals surface area (Å²) in [5.74, 6) is 0.167. The van der Waals surface area contributed by atoms with E-state index in [0.717, 1.165) is 52.0 Å². The first-order valence-electron chi connectivity index (χ1n) is 7.52. The zero-order valence-corrected chi connectivity index (χ0v) is 11.9. The predicted molar refractivity (Wildman–Crippen MR) is 79.3 cm³/mol. The Morgan fingerprint density at radius 1 is 1.10 bits per heavy atom. The van der Waals surface area contributed by atoms with Crippen molar-refractivity contribution in [2.45, 2.75) is 24.8 Å². The van der Waals surface area contributed by atoms with E-state index < -0.39 is 5.54 Å². The Morgan fingerprint density at radius 2 is 1.75 bits per heavy atom. The van der Waals surface area contributed by atoms with Gasteiger partial charge in [0.2, 0.25) is 5.91 Å². The first-order valence-corrected chi connectivity index (χ1v) is 7.52.